The Bertz CT molecular complexity index is 721. The average Bonchev–Trinajstić information content (AvgIpc) is 2.83. The predicted octanol–water partition coefficient (Wildman–Crippen LogP) is 3.41. The van der Waals surface area contributed by atoms with E-state index in [4.69, 9.17) is 4.42 Å². The van der Waals surface area contributed by atoms with Crippen molar-refractivity contribution in [2.75, 3.05) is 0 Å². The van der Waals surface area contributed by atoms with Crippen LogP contribution in [-0.2, 0) is 12.6 Å². The van der Waals surface area contributed by atoms with Crippen LogP contribution in [0, 0.1) is 5.82 Å². The number of ketones is 1. The van der Waals surface area contributed by atoms with Gasteiger partial charge in [0.15, 0.2) is 17.4 Å². The molecule has 0 fully saturated rings. The Hall–Kier alpha value is -2.25. The molecule has 0 aromatic carbocycles. The molecule has 0 amide bonds. The highest BCUT2D eigenvalue weighted by Gasteiger charge is 2.34. The number of aryl methyl sites for hydroxylation is 1. The van der Waals surface area contributed by atoms with Crippen LogP contribution in [0.4, 0.5) is 17.6 Å². The molecule has 4 nitrogen and oxygen atoms in total. The van der Waals surface area contributed by atoms with Crippen LogP contribution in [-0.4, -0.2) is 15.8 Å². The van der Waals surface area contributed by atoms with Crippen LogP contribution in [0.25, 0.3) is 11.5 Å². The summed E-state index contributed by atoms with van der Waals surface area (Å²) in [5.41, 5.74) is -1.35. The van der Waals surface area contributed by atoms with Crippen molar-refractivity contribution in [2.45, 2.75) is 25.4 Å². The van der Waals surface area contributed by atoms with E-state index < -0.39 is 23.3 Å². The van der Waals surface area contributed by atoms with Gasteiger partial charge in [-0.3, -0.25) is 4.79 Å². The second-order valence-electron chi connectivity index (χ2n) is 4.62. The quantitative estimate of drug-likeness (QED) is 0.757. The van der Waals surface area contributed by atoms with E-state index in [1.807, 2.05) is 0 Å². The van der Waals surface area contributed by atoms with Crippen LogP contribution in [0.15, 0.2) is 16.7 Å². The highest BCUT2D eigenvalue weighted by molar-refractivity contribution is 5.95. The summed E-state index contributed by atoms with van der Waals surface area (Å²) < 4.78 is 56.7. The maximum atomic E-state index is 13.7. The number of carbonyl (C=O) groups is 1. The predicted molar refractivity (Wildman–Crippen MR) is 62.0 cm³/mol. The fourth-order valence-electron chi connectivity index (χ4n) is 2.14. The monoisotopic (exact) mass is 300 g/mol. The zero-order valence-corrected chi connectivity index (χ0v) is 10.5. The number of pyridine rings is 1. The molecular formula is C13H8F4N2O2. The summed E-state index contributed by atoms with van der Waals surface area (Å²) in [4.78, 5) is 18.6. The Balaban J connectivity index is 2.10. The number of carbonyl (C=O) groups excluding carboxylic acids is 1. The molecule has 8 heteroatoms. The Morgan fingerprint density at radius 1 is 1.24 bits per heavy atom. The fourth-order valence-corrected chi connectivity index (χ4v) is 2.14. The molecule has 0 aliphatic heterocycles. The van der Waals surface area contributed by atoms with E-state index in [0.717, 1.165) is 0 Å². The summed E-state index contributed by atoms with van der Waals surface area (Å²) in [5, 5.41) is 0. The van der Waals surface area contributed by atoms with Crippen molar-refractivity contribution in [1.29, 1.82) is 0 Å². The first-order valence-corrected chi connectivity index (χ1v) is 6.12. The van der Waals surface area contributed by atoms with Gasteiger partial charge in [0.1, 0.15) is 5.69 Å². The molecular weight excluding hydrogens is 292 g/mol. The Morgan fingerprint density at radius 2 is 2.00 bits per heavy atom. The highest BCUT2D eigenvalue weighted by Crippen LogP contribution is 2.33. The minimum absolute atomic E-state index is 0.000945. The number of rotatable bonds is 1. The van der Waals surface area contributed by atoms with Crippen LogP contribution in [0.3, 0.4) is 0 Å². The average molecular weight is 300 g/mol. The van der Waals surface area contributed by atoms with Crippen LogP contribution < -0.4 is 0 Å². The Morgan fingerprint density at radius 3 is 2.67 bits per heavy atom. The first kappa shape index (κ1) is 13.7. The Kier molecular flexibility index (Phi) is 3.03. The molecule has 0 N–H and O–H groups in total. The van der Waals surface area contributed by atoms with Crippen LogP contribution in [0.1, 0.15) is 34.8 Å². The molecule has 0 saturated heterocycles. The summed E-state index contributed by atoms with van der Waals surface area (Å²) in [6.45, 7) is 0. The van der Waals surface area contributed by atoms with Gasteiger partial charge in [-0.15, -0.1) is 0 Å². The summed E-state index contributed by atoms with van der Waals surface area (Å²) in [5.74, 6) is -1.60. The summed E-state index contributed by atoms with van der Waals surface area (Å²) in [6.07, 6.45) is -2.89. The molecule has 1 aliphatic rings. The number of nitrogens with zero attached hydrogens (tertiary/aromatic N) is 2. The van der Waals surface area contributed by atoms with Gasteiger partial charge in [-0.1, -0.05) is 0 Å². The smallest absolute Gasteiger partial charge is 0.433 e. The molecule has 0 bridgehead atoms. The lowest BCUT2D eigenvalue weighted by Crippen LogP contribution is -2.08. The van der Waals surface area contributed by atoms with E-state index in [-0.39, 0.29) is 23.9 Å². The number of aromatic nitrogens is 2. The molecule has 1 aliphatic carbocycles. The van der Waals surface area contributed by atoms with E-state index >= 15 is 0 Å². The van der Waals surface area contributed by atoms with Crippen LogP contribution >= 0.6 is 0 Å². The van der Waals surface area contributed by atoms with E-state index in [9.17, 15) is 22.4 Å². The third kappa shape index (κ3) is 2.41. The lowest BCUT2D eigenvalue weighted by atomic mass is 10.0. The number of alkyl halides is 3. The molecule has 0 spiro atoms. The van der Waals surface area contributed by atoms with E-state index in [1.165, 1.54) is 0 Å². The molecule has 0 atom stereocenters. The lowest BCUT2D eigenvalue weighted by molar-refractivity contribution is -0.141. The number of Topliss-reactive ketones (excluding diaryl/α,β-unsaturated/α-hetero) is 1. The van der Waals surface area contributed by atoms with E-state index in [2.05, 4.69) is 9.97 Å². The van der Waals surface area contributed by atoms with Crippen molar-refractivity contribution in [3.05, 3.63) is 35.2 Å². The van der Waals surface area contributed by atoms with Crippen molar-refractivity contribution < 1.29 is 26.8 Å². The van der Waals surface area contributed by atoms with Crippen LogP contribution in [0.5, 0.6) is 0 Å². The van der Waals surface area contributed by atoms with Crippen molar-refractivity contribution in [1.82, 2.24) is 9.97 Å². The number of hydrogen-bond acceptors (Lipinski definition) is 4. The minimum Gasteiger partial charge on any atom is -0.433 e. The molecule has 21 heavy (non-hydrogen) atoms. The SMILES string of the molecule is O=C1CCCc2nc(-c3cc(C(F)(F)F)ncc3F)oc21. The summed E-state index contributed by atoms with van der Waals surface area (Å²) >= 11 is 0. The standard InChI is InChI=1S/C13H8F4N2O2/c14-7-5-18-10(13(15,16)17)4-6(7)12-19-8-2-1-3-9(20)11(8)21-12/h4-5H,1-3H2. The van der Waals surface area contributed by atoms with Crippen molar-refractivity contribution in [3.8, 4) is 11.5 Å². The Labute approximate surface area is 115 Å². The zero-order chi connectivity index (χ0) is 15.2. The van der Waals surface area contributed by atoms with Crippen molar-refractivity contribution in [3.63, 3.8) is 0 Å². The molecule has 0 radical (unpaired) electrons. The van der Waals surface area contributed by atoms with Gasteiger partial charge in [0, 0.05) is 6.42 Å². The van der Waals surface area contributed by atoms with Crippen LogP contribution in [0.2, 0.25) is 0 Å². The van der Waals surface area contributed by atoms with Crippen molar-refractivity contribution in [2.24, 2.45) is 0 Å². The van der Waals surface area contributed by atoms with Gasteiger partial charge in [-0.2, -0.15) is 13.2 Å². The first-order valence-electron chi connectivity index (χ1n) is 6.12. The first-order chi connectivity index (χ1) is 9.86. The van der Waals surface area contributed by atoms with Gasteiger partial charge in [-0.05, 0) is 18.9 Å². The molecule has 2 heterocycles. The van der Waals surface area contributed by atoms with Gasteiger partial charge < -0.3 is 4.42 Å². The summed E-state index contributed by atoms with van der Waals surface area (Å²) in [6, 6.07) is 0.525. The van der Waals surface area contributed by atoms with Crippen molar-refractivity contribution >= 4 is 5.78 Å². The van der Waals surface area contributed by atoms with Gasteiger partial charge in [0.05, 0.1) is 17.5 Å². The largest absolute Gasteiger partial charge is 0.433 e. The molecule has 2 aromatic rings. The van der Waals surface area contributed by atoms with E-state index in [1.54, 1.807) is 0 Å². The molecule has 3 rings (SSSR count). The van der Waals surface area contributed by atoms with Gasteiger partial charge in [-0.25, -0.2) is 14.4 Å². The minimum atomic E-state index is -4.70. The topological polar surface area (TPSA) is 56.0 Å². The number of fused-ring (bicyclic) bond motifs is 1. The highest BCUT2D eigenvalue weighted by atomic mass is 19.4. The number of oxazole rings is 1. The van der Waals surface area contributed by atoms with E-state index in [0.29, 0.717) is 30.8 Å². The molecule has 110 valence electrons. The molecule has 0 unspecified atom stereocenters. The maximum Gasteiger partial charge on any atom is 0.433 e. The van der Waals surface area contributed by atoms with Gasteiger partial charge >= 0.3 is 6.18 Å². The number of halogens is 4. The maximum absolute atomic E-state index is 13.7. The third-order valence-electron chi connectivity index (χ3n) is 3.14. The third-order valence-corrected chi connectivity index (χ3v) is 3.14. The van der Waals surface area contributed by atoms with Gasteiger partial charge in [0.25, 0.3) is 0 Å². The van der Waals surface area contributed by atoms with Gasteiger partial charge in [0.2, 0.25) is 5.89 Å². The molecule has 2 aromatic heterocycles. The number of hydrogen-bond donors (Lipinski definition) is 0. The molecule has 0 saturated carbocycles. The summed E-state index contributed by atoms with van der Waals surface area (Å²) in [7, 11) is 0. The fraction of sp³-hybridized carbons (Fsp3) is 0.308. The second-order valence-corrected chi connectivity index (χ2v) is 4.62. The normalized spacial score (nSPS) is 15.1. The zero-order valence-electron chi connectivity index (χ0n) is 10.5. The second kappa shape index (κ2) is 4.64. The lowest BCUT2D eigenvalue weighted by Gasteiger charge is -2.06.